The van der Waals surface area contributed by atoms with E-state index in [4.69, 9.17) is 0 Å². The van der Waals surface area contributed by atoms with Gasteiger partial charge in [-0.3, -0.25) is 19.2 Å². The number of para-hydroxylation sites is 3. The van der Waals surface area contributed by atoms with Crippen LogP contribution < -0.4 is 9.62 Å². The van der Waals surface area contributed by atoms with Crippen LogP contribution in [0, 0.1) is 17.0 Å². The zero-order valence-corrected chi connectivity index (χ0v) is 16.9. The predicted octanol–water partition coefficient (Wildman–Crippen LogP) is 3.74. The summed E-state index contributed by atoms with van der Waals surface area (Å²) in [7, 11) is -4.40. The molecule has 0 aliphatic carbocycles. The first-order valence-corrected chi connectivity index (χ1v) is 10.4. The molecule has 0 saturated heterocycles. The van der Waals surface area contributed by atoms with E-state index in [0.717, 1.165) is 22.0 Å². The highest BCUT2D eigenvalue weighted by Crippen LogP contribution is 2.29. The van der Waals surface area contributed by atoms with Gasteiger partial charge in [-0.05, 0) is 36.8 Å². The first-order valence-electron chi connectivity index (χ1n) is 8.97. The van der Waals surface area contributed by atoms with E-state index in [9.17, 15) is 23.3 Å². The van der Waals surface area contributed by atoms with Crippen molar-refractivity contribution in [1.29, 1.82) is 0 Å². The highest BCUT2D eigenvalue weighted by Gasteiger charge is 2.33. The van der Waals surface area contributed by atoms with Gasteiger partial charge in [0.15, 0.2) is 4.90 Å². The Morgan fingerprint density at radius 1 is 0.967 bits per heavy atom. The highest BCUT2D eigenvalue weighted by molar-refractivity contribution is 7.93. The molecule has 8 nitrogen and oxygen atoms in total. The fourth-order valence-electron chi connectivity index (χ4n) is 2.89. The van der Waals surface area contributed by atoms with Gasteiger partial charge >= 0.3 is 0 Å². The van der Waals surface area contributed by atoms with Gasteiger partial charge in [0.05, 0.1) is 10.6 Å². The van der Waals surface area contributed by atoms with E-state index in [2.05, 4.69) is 5.32 Å². The van der Waals surface area contributed by atoms with E-state index in [1.807, 2.05) is 19.1 Å². The summed E-state index contributed by atoms with van der Waals surface area (Å²) in [6.07, 6.45) is 0. The quantitative estimate of drug-likeness (QED) is 0.458. The van der Waals surface area contributed by atoms with Crippen molar-refractivity contribution in [2.24, 2.45) is 0 Å². The Bertz CT molecular complexity index is 1180. The van der Waals surface area contributed by atoms with Crippen molar-refractivity contribution in [2.75, 3.05) is 16.2 Å². The number of hydrogen-bond acceptors (Lipinski definition) is 5. The molecule has 0 atom stereocenters. The Kier molecular flexibility index (Phi) is 6.12. The Balaban J connectivity index is 2.01. The molecule has 0 spiro atoms. The Hall–Kier alpha value is -3.72. The van der Waals surface area contributed by atoms with Crippen molar-refractivity contribution in [1.82, 2.24) is 0 Å². The summed E-state index contributed by atoms with van der Waals surface area (Å²) in [5.41, 5.74) is 1.03. The van der Waals surface area contributed by atoms with Gasteiger partial charge in [0.1, 0.15) is 6.54 Å². The molecule has 0 aliphatic heterocycles. The van der Waals surface area contributed by atoms with Crippen LogP contribution >= 0.6 is 0 Å². The lowest BCUT2D eigenvalue weighted by molar-refractivity contribution is -0.387. The molecule has 30 heavy (non-hydrogen) atoms. The largest absolute Gasteiger partial charge is 0.324 e. The highest BCUT2D eigenvalue weighted by atomic mass is 32.2. The van der Waals surface area contributed by atoms with Gasteiger partial charge in [0.2, 0.25) is 5.91 Å². The average molecular weight is 425 g/mol. The number of rotatable bonds is 7. The molecule has 0 aliphatic rings. The van der Waals surface area contributed by atoms with Crippen molar-refractivity contribution < 1.29 is 18.1 Å². The van der Waals surface area contributed by atoms with Crippen molar-refractivity contribution in [3.8, 4) is 0 Å². The fraction of sp³-hybridized carbons (Fsp3) is 0.0952. The van der Waals surface area contributed by atoms with Crippen LogP contribution in [0.4, 0.5) is 17.1 Å². The molecule has 0 radical (unpaired) electrons. The minimum atomic E-state index is -4.40. The molecular formula is C21H19N3O5S. The maximum Gasteiger partial charge on any atom is 0.289 e. The monoisotopic (exact) mass is 425 g/mol. The second-order valence-corrected chi connectivity index (χ2v) is 8.27. The summed E-state index contributed by atoms with van der Waals surface area (Å²) in [5.74, 6) is -0.574. The third kappa shape index (κ3) is 4.47. The molecule has 0 heterocycles. The van der Waals surface area contributed by atoms with Crippen molar-refractivity contribution in [3.63, 3.8) is 0 Å². The van der Waals surface area contributed by atoms with Crippen LogP contribution in [0.25, 0.3) is 0 Å². The number of nitro groups is 1. The standard InChI is InChI=1S/C21H19N3O5S/c1-16-9-5-6-12-18(16)22-21(25)15-23(17-10-3-2-4-11-17)30(28,29)20-14-8-7-13-19(20)24(26)27/h2-14H,15H2,1H3,(H,22,25). The Morgan fingerprint density at radius 3 is 2.23 bits per heavy atom. The van der Waals surface area contributed by atoms with Gasteiger partial charge in [0, 0.05) is 11.8 Å². The summed E-state index contributed by atoms with van der Waals surface area (Å²) >= 11 is 0. The van der Waals surface area contributed by atoms with Crippen LogP contribution in [-0.4, -0.2) is 25.8 Å². The smallest absolute Gasteiger partial charge is 0.289 e. The Morgan fingerprint density at radius 2 is 1.57 bits per heavy atom. The topological polar surface area (TPSA) is 110 Å². The average Bonchev–Trinajstić information content (AvgIpc) is 2.74. The van der Waals surface area contributed by atoms with E-state index < -0.39 is 38.0 Å². The van der Waals surface area contributed by atoms with Crippen molar-refractivity contribution in [2.45, 2.75) is 11.8 Å². The van der Waals surface area contributed by atoms with E-state index >= 15 is 0 Å². The predicted molar refractivity (Wildman–Crippen MR) is 114 cm³/mol. The third-order valence-electron chi connectivity index (χ3n) is 4.38. The number of carbonyl (C=O) groups excluding carboxylic acids is 1. The number of nitro benzene ring substituents is 1. The molecule has 3 rings (SSSR count). The number of carbonyl (C=O) groups is 1. The van der Waals surface area contributed by atoms with Crippen LogP contribution in [0.5, 0.6) is 0 Å². The van der Waals surface area contributed by atoms with Gasteiger partial charge in [-0.2, -0.15) is 0 Å². The summed E-state index contributed by atoms with van der Waals surface area (Å²) < 4.78 is 27.6. The van der Waals surface area contributed by atoms with E-state index in [1.165, 1.54) is 24.3 Å². The van der Waals surface area contributed by atoms with Gasteiger partial charge in [-0.15, -0.1) is 0 Å². The molecule has 3 aromatic carbocycles. The van der Waals surface area contributed by atoms with Gasteiger partial charge in [0.25, 0.3) is 15.7 Å². The van der Waals surface area contributed by atoms with E-state index in [0.29, 0.717) is 5.69 Å². The number of sulfonamides is 1. The number of benzene rings is 3. The molecular weight excluding hydrogens is 406 g/mol. The van der Waals surface area contributed by atoms with Crippen LogP contribution in [-0.2, 0) is 14.8 Å². The minimum absolute atomic E-state index is 0.218. The van der Waals surface area contributed by atoms with Gasteiger partial charge in [-0.1, -0.05) is 48.5 Å². The van der Waals surface area contributed by atoms with Crippen molar-refractivity contribution in [3.05, 3.63) is 94.5 Å². The zero-order valence-electron chi connectivity index (χ0n) is 16.1. The maximum atomic E-state index is 13.4. The van der Waals surface area contributed by atoms with Gasteiger partial charge < -0.3 is 5.32 Å². The van der Waals surface area contributed by atoms with Crippen LogP contribution in [0.2, 0.25) is 0 Å². The molecule has 3 aromatic rings. The summed E-state index contributed by atoms with van der Waals surface area (Å²) in [6.45, 7) is 1.27. The molecule has 0 aromatic heterocycles. The molecule has 0 saturated carbocycles. The van der Waals surface area contributed by atoms with E-state index in [-0.39, 0.29) is 5.69 Å². The van der Waals surface area contributed by atoms with Crippen molar-refractivity contribution >= 4 is 33.0 Å². The summed E-state index contributed by atoms with van der Waals surface area (Å²) in [6, 6.07) is 20.1. The second-order valence-electron chi connectivity index (χ2n) is 6.44. The van der Waals surface area contributed by atoms with E-state index in [1.54, 1.807) is 30.3 Å². The van der Waals surface area contributed by atoms with Crippen LogP contribution in [0.3, 0.4) is 0 Å². The first kappa shape index (κ1) is 21.0. The third-order valence-corrected chi connectivity index (χ3v) is 6.20. The Labute approximate surface area is 174 Å². The minimum Gasteiger partial charge on any atom is -0.324 e. The molecule has 0 fully saturated rings. The number of amides is 1. The molecule has 0 bridgehead atoms. The fourth-order valence-corrected chi connectivity index (χ4v) is 4.47. The zero-order chi connectivity index (χ0) is 21.7. The summed E-state index contributed by atoms with van der Waals surface area (Å²) in [5, 5.41) is 14.1. The lowest BCUT2D eigenvalue weighted by Gasteiger charge is -2.24. The molecule has 9 heteroatoms. The number of nitrogens with zero attached hydrogens (tertiary/aromatic N) is 2. The van der Waals surface area contributed by atoms with Gasteiger partial charge in [-0.25, -0.2) is 8.42 Å². The SMILES string of the molecule is Cc1ccccc1NC(=O)CN(c1ccccc1)S(=O)(=O)c1ccccc1[N+](=O)[O-]. The van der Waals surface area contributed by atoms with Crippen LogP contribution in [0.15, 0.2) is 83.8 Å². The maximum absolute atomic E-state index is 13.4. The molecule has 1 N–H and O–H groups in total. The lowest BCUT2D eigenvalue weighted by atomic mass is 10.2. The number of hydrogen-bond donors (Lipinski definition) is 1. The van der Waals surface area contributed by atoms with Crippen LogP contribution in [0.1, 0.15) is 5.56 Å². The number of aryl methyl sites for hydroxylation is 1. The number of anilines is 2. The lowest BCUT2D eigenvalue weighted by Crippen LogP contribution is -2.38. The number of nitrogens with one attached hydrogen (secondary N) is 1. The molecule has 1 amide bonds. The summed E-state index contributed by atoms with van der Waals surface area (Å²) in [4.78, 5) is 22.8. The first-order chi connectivity index (χ1) is 14.3. The molecule has 154 valence electrons. The molecule has 0 unspecified atom stereocenters. The second kappa shape index (κ2) is 8.75. The normalized spacial score (nSPS) is 11.0.